The van der Waals surface area contributed by atoms with Gasteiger partial charge < -0.3 is 4.74 Å². The number of para-hydroxylation sites is 1. The number of thioether (sulfide) groups is 1. The Kier molecular flexibility index (Phi) is 6.87. The second kappa shape index (κ2) is 9.55. The molecule has 0 aliphatic heterocycles. The third kappa shape index (κ3) is 4.62. The van der Waals surface area contributed by atoms with Crippen LogP contribution >= 0.6 is 11.8 Å². The van der Waals surface area contributed by atoms with E-state index in [0.717, 1.165) is 18.6 Å². The van der Waals surface area contributed by atoms with Gasteiger partial charge in [0.1, 0.15) is 5.75 Å². The van der Waals surface area contributed by atoms with Crippen molar-refractivity contribution >= 4 is 28.4 Å². The number of hydrogen-bond donors (Lipinski definition) is 0. The predicted molar refractivity (Wildman–Crippen MR) is 114 cm³/mol. The summed E-state index contributed by atoms with van der Waals surface area (Å²) in [5, 5.41) is 1.21. The normalized spacial score (nSPS) is 10.9. The van der Waals surface area contributed by atoms with Crippen LogP contribution in [0.25, 0.3) is 10.9 Å². The molecule has 0 saturated carbocycles. The summed E-state index contributed by atoms with van der Waals surface area (Å²) in [6.07, 6.45) is 1.87. The van der Waals surface area contributed by atoms with Crippen LogP contribution in [0.15, 0.2) is 58.5 Å². The number of aromatic nitrogens is 2. The fourth-order valence-electron chi connectivity index (χ4n) is 2.89. The van der Waals surface area contributed by atoms with E-state index >= 15 is 0 Å². The highest BCUT2D eigenvalue weighted by Crippen LogP contribution is 2.20. The van der Waals surface area contributed by atoms with Crippen LogP contribution in [0.4, 0.5) is 0 Å². The maximum atomic E-state index is 12.9. The molecule has 28 heavy (non-hydrogen) atoms. The molecule has 0 atom stereocenters. The number of carbonyl (C=O) groups is 1. The van der Waals surface area contributed by atoms with E-state index in [1.54, 1.807) is 34.9 Å². The Morgan fingerprint density at radius 3 is 2.57 bits per heavy atom. The van der Waals surface area contributed by atoms with E-state index in [4.69, 9.17) is 4.74 Å². The third-order valence-electron chi connectivity index (χ3n) is 4.38. The van der Waals surface area contributed by atoms with Crippen LogP contribution in [0.2, 0.25) is 0 Å². The second-order valence-corrected chi connectivity index (χ2v) is 7.33. The van der Waals surface area contributed by atoms with Gasteiger partial charge in [-0.2, -0.15) is 0 Å². The number of Topliss-reactive ketones (excluding diaryl/α,β-unsaturated/α-hetero) is 1. The van der Waals surface area contributed by atoms with Gasteiger partial charge in [-0.3, -0.25) is 14.2 Å². The van der Waals surface area contributed by atoms with E-state index in [1.807, 2.05) is 25.1 Å². The van der Waals surface area contributed by atoms with Crippen LogP contribution in [0, 0.1) is 0 Å². The smallest absolute Gasteiger partial charge is 0.262 e. The number of ether oxygens (including phenoxy) is 1. The van der Waals surface area contributed by atoms with Crippen molar-refractivity contribution in [1.29, 1.82) is 0 Å². The zero-order valence-electron chi connectivity index (χ0n) is 16.2. The molecular formula is C22H24N2O3S. The first-order valence-corrected chi connectivity index (χ1v) is 10.5. The van der Waals surface area contributed by atoms with Crippen LogP contribution in [0.5, 0.6) is 5.75 Å². The molecule has 0 spiro atoms. The fourth-order valence-corrected chi connectivity index (χ4v) is 3.81. The molecule has 0 unspecified atom stereocenters. The molecule has 1 aromatic heterocycles. The quantitative estimate of drug-likeness (QED) is 0.301. The summed E-state index contributed by atoms with van der Waals surface area (Å²) in [5.74, 6) is 0.971. The fraction of sp³-hybridized carbons (Fsp3) is 0.318. The Bertz CT molecular complexity index is 1010. The molecule has 146 valence electrons. The summed E-state index contributed by atoms with van der Waals surface area (Å²) >= 11 is 1.31. The van der Waals surface area contributed by atoms with Crippen LogP contribution in [0.1, 0.15) is 37.0 Å². The molecule has 3 rings (SSSR count). The largest absolute Gasteiger partial charge is 0.494 e. The summed E-state index contributed by atoms with van der Waals surface area (Å²) in [5.41, 5.74) is 1.24. The van der Waals surface area contributed by atoms with Gasteiger partial charge >= 0.3 is 0 Å². The van der Waals surface area contributed by atoms with Gasteiger partial charge in [-0.1, -0.05) is 37.2 Å². The lowest BCUT2D eigenvalue weighted by Gasteiger charge is -2.12. The zero-order valence-corrected chi connectivity index (χ0v) is 17.0. The minimum atomic E-state index is -0.0462. The number of fused-ring (bicyclic) bond motifs is 1. The Morgan fingerprint density at radius 2 is 1.86 bits per heavy atom. The van der Waals surface area contributed by atoms with E-state index in [9.17, 15) is 9.59 Å². The van der Waals surface area contributed by atoms with E-state index in [1.165, 1.54) is 11.8 Å². The summed E-state index contributed by atoms with van der Waals surface area (Å²) < 4.78 is 7.11. The van der Waals surface area contributed by atoms with Crippen LogP contribution in [-0.4, -0.2) is 27.7 Å². The summed E-state index contributed by atoms with van der Waals surface area (Å²) in [6.45, 7) is 5.20. The van der Waals surface area contributed by atoms with Gasteiger partial charge in [-0.15, -0.1) is 0 Å². The molecule has 0 aliphatic carbocycles. The summed E-state index contributed by atoms with van der Waals surface area (Å²) in [4.78, 5) is 30.1. The highest BCUT2D eigenvalue weighted by Gasteiger charge is 2.14. The monoisotopic (exact) mass is 396 g/mol. The van der Waals surface area contributed by atoms with Crippen molar-refractivity contribution in [3.8, 4) is 5.75 Å². The van der Waals surface area contributed by atoms with Gasteiger partial charge in [0.15, 0.2) is 10.9 Å². The molecule has 0 saturated heterocycles. The van der Waals surface area contributed by atoms with Gasteiger partial charge in [0.25, 0.3) is 5.56 Å². The minimum absolute atomic E-state index is 0.00232. The molecule has 0 aliphatic rings. The average Bonchev–Trinajstić information content (AvgIpc) is 2.72. The Morgan fingerprint density at radius 1 is 1.11 bits per heavy atom. The Labute approximate surface area is 168 Å². The van der Waals surface area contributed by atoms with Crippen molar-refractivity contribution in [1.82, 2.24) is 9.55 Å². The van der Waals surface area contributed by atoms with E-state index in [-0.39, 0.29) is 17.1 Å². The molecule has 2 aromatic carbocycles. The molecule has 0 bridgehead atoms. The van der Waals surface area contributed by atoms with Gasteiger partial charge in [-0.05, 0) is 49.7 Å². The third-order valence-corrected chi connectivity index (χ3v) is 5.36. The van der Waals surface area contributed by atoms with E-state index < -0.39 is 0 Å². The van der Waals surface area contributed by atoms with Crippen molar-refractivity contribution in [2.45, 2.75) is 38.4 Å². The lowest BCUT2D eigenvalue weighted by atomic mass is 10.1. The highest BCUT2D eigenvalue weighted by molar-refractivity contribution is 7.99. The van der Waals surface area contributed by atoms with E-state index in [0.29, 0.717) is 34.8 Å². The molecular weight excluding hydrogens is 372 g/mol. The summed E-state index contributed by atoms with van der Waals surface area (Å²) in [6, 6.07) is 14.5. The number of ketones is 1. The average molecular weight is 397 g/mol. The molecule has 5 nitrogen and oxygen atoms in total. The van der Waals surface area contributed by atoms with Crippen LogP contribution < -0.4 is 10.3 Å². The van der Waals surface area contributed by atoms with Crippen molar-refractivity contribution in [2.75, 3.05) is 12.4 Å². The maximum absolute atomic E-state index is 12.9. The zero-order chi connectivity index (χ0) is 19.9. The Hall–Kier alpha value is -2.60. The number of benzene rings is 2. The van der Waals surface area contributed by atoms with Crippen molar-refractivity contribution in [3.63, 3.8) is 0 Å². The van der Waals surface area contributed by atoms with Gasteiger partial charge in [0, 0.05) is 12.1 Å². The highest BCUT2D eigenvalue weighted by atomic mass is 32.2. The van der Waals surface area contributed by atoms with Gasteiger partial charge in [0.05, 0.1) is 23.3 Å². The first-order valence-electron chi connectivity index (χ1n) is 9.52. The SMILES string of the molecule is CCCCn1c(SCC(=O)c2ccc(OCC)cc2)nc2ccccc2c1=O. The Balaban J connectivity index is 1.82. The van der Waals surface area contributed by atoms with Gasteiger partial charge in [-0.25, -0.2) is 4.98 Å². The predicted octanol–water partition coefficient (Wildman–Crippen LogP) is 4.57. The molecule has 0 radical (unpaired) electrons. The number of nitrogens with zero attached hydrogens (tertiary/aromatic N) is 2. The van der Waals surface area contributed by atoms with Crippen molar-refractivity contribution < 1.29 is 9.53 Å². The standard InChI is InChI=1S/C22H24N2O3S/c1-3-5-14-24-21(26)18-8-6-7-9-19(18)23-22(24)28-15-20(25)16-10-12-17(13-11-16)27-4-2/h6-13H,3-5,14-15H2,1-2H3. The number of rotatable bonds is 9. The molecule has 0 N–H and O–H groups in total. The molecule has 6 heteroatoms. The first-order chi connectivity index (χ1) is 13.6. The molecule has 0 amide bonds. The summed E-state index contributed by atoms with van der Waals surface area (Å²) in [7, 11) is 0. The van der Waals surface area contributed by atoms with Gasteiger partial charge in [0.2, 0.25) is 0 Å². The van der Waals surface area contributed by atoms with Crippen LogP contribution in [-0.2, 0) is 6.54 Å². The maximum Gasteiger partial charge on any atom is 0.262 e. The first kappa shape index (κ1) is 20.1. The lowest BCUT2D eigenvalue weighted by molar-refractivity contribution is 0.102. The lowest BCUT2D eigenvalue weighted by Crippen LogP contribution is -2.23. The molecule has 3 aromatic rings. The van der Waals surface area contributed by atoms with Crippen molar-refractivity contribution in [3.05, 3.63) is 64.4 Å². The second-order valence-electron chi connectivity index (χ2n) is 6.39. The number of unbranched alkanes of at least 4 members (excludes halogenated alkanes) is 1. The minimum Gasteiger partial charge on any atom is -0.494 e. The topological polar surface area (TPSA) is 61.2 Å². The molecule has 1 heterocycles. The number of hydrogen-bond acceptors (Lipinski definition) is 5. The van der Waals surface area contributed by atoms with E-state index in [2.05, 4.69) is 11.9 Å². The van der Waals surface area contributed by atoms with Crippen LogP contribution in [0.3, 0.4) is 0 Å². The molecule has 0 fully saturated rings. The van der Waals surface area contributed by atoms with Crippen molar-refractivity contribution in [2.24, 2.45) is 0 Å². The number of carbonyl (C=O) groups excluding carboxylic acids is 1.